The molecular formula is C21H17F3N4O3. The zero-order valence-corrected chi connectivity index (χ0v) is 16.3. The molecule has 0 radical (unpaired) electrons. The molecule has 0 spiro atoms. The standard InChI is InChI=1S/C21H17F3N4O3/c1-31-10-16-19(11-2-4-12(22)5-3-11)20-26-21(30)17(28(20)27-16)9-18(29)25-13-6-7-14(23)15(24)8-13/h2-8,17H,9-10H2,1H3,(H,25,29)(H,26,30). The van der Waals surface area contributed by atoms with Crippen LogP contribution in [-0.2, 0) is 20.9 Å². The number of nitrogens with zero attached hydrogens (tertiary/aromatic N) is 2. The van der Waals surface area contributed by atoms with Crippen LogP contribution in [0.15, 0.2) is 42.5 Å². The lowest BCUT2D eigenvalue weighted by Gasteiger charge is -2.10. The number of anilines is 2. The molecule has 1 unspecified atom stereocenters. The largest absolute Gasteiger partial charge is 0.378 e. The number of hydrogen-bond donors (Lipinski definition) is 2. The summed E-state index contributed by atoms with van der Waals surface area (Å²) in [7, 11) is 1.49. The summed E-state index contributed by atoms with van der Waals surface area (Å²) in [6.07, 6.45) is -0.283. The minimum Gasteiger partial charge on any atom is -0.378 e. The van der Waals surface area contributed by atoms with Gasteiger partial charge in [0, 0.05) is 24.4 Å². The first-order valence-corrected chi connectivity index (χ1v) is 9.29. The first-order chi connectivity index (χ1) is 14.9. The Labute approximate surface area is 174 Å². The van der Waals surface area contributed by atoms with Gasteiger partial charge in [0.2, 0.25) is 5.91 Å². The van der Waals surface area contributed by atoms with E-state index in [1.54, 1.807) is 12.1 Å². The molecule has 1 atom stereocenters. The van der Waals surface area contributed by atoms with Gasteiger partial charge in [0.05, 0.1) is 18.7 Å². The van der Waals surface area contributed by atoms with Gasteiger partial charge >= 0.3 is 0 Å². The molecular weight excluding hydrogens is 413 g/mol. The van der Waals surface area contributed by atoms with Crippen LogP contribution in [0.2, 0.25) is 0 Å². The van der Waals surface area contributed by atoms with E-state index in [0.29, 0.717) is 22.6 Å². The van der Waals surface area contributed by atoms with Crippen LogP contribution in [-0.4, -0.2) is 28.7 Å². The van der Waals surface area contributed by atoms with Crippen molar-refractivity contribution in [2.75, 3.05) is 17.7 Å². The molecule has 7 nitrogen and oxygen atoms in total. The van der Waals surface area contributed by atoms with Crippen molar-refractivity contribution >= 4 is 23.3 Å². The van der Waals surface area contributed by atoms with Crippen LogP contribution in [0.1, 0.15) is 18.2 Å². The van der Waals surface area contributed by atoms with E-state index in [1.165, 1.54) is 30.0 Å². The Balaban J connectivity index is 1.61. The Kier molecular flexibility index (Phi) is 5.47. The Morgan fingerprint density at radius 2 is 1.90 bits per heavy atom. The summed E-state index contributed by atoms with van der Waals surface area (Å²) >= 11 is 0. The summed E-state index contributed by atoms with van der Waals surface area (Å²) in [5, 5.41) is 9.58. The van der Waals surface area contributed by atoms with E-state index in [1.807, 2.05) is 0 Å². The molecule has 31 heavy (non-hydrogen) atoms. The normalized spacial score (nSPS) is 15.0. The summed E-state index contributed by atoms with van der Waals surface area (Å²) in [5.74, 6) is -3.19. The number of ether oxygens (including phenoxy) is 1. The van der Waals surface area contributed by atoms with Gasteiger partial charge in [-0.05, 0) is 29.8 Å². The molecule has 0 fully saturated rings. The number of amides is 2. The Morgan fingerprint density at radius 3 is 2.58 bits per heavy atom. The van der Waals surface area contributed by atoms with Gasteiger partial charge in [0.1, 0.15) is 17.7 Å². The van der Waals surface area contributed by atoms with Crippen molar-refractivity contribution < 1.29 is 27.5 Å². The quantitative estimate of drug-likeness (QED) is 0.626. The summed E-state index contributed by atoms with van der Waals surface area (Å²) in [6, 6.07) is 7.70. The van der Waals surface area contributed by atoms with E-state index >= 15 is 0 Å². The second kappa shape index (κ2) is 8.23. The molecule has 1 aliphatic rings. The Hall–Kier alpha value is -3.66. The number of halogens is 3. The SMILES string of the molecule is COCc1nn2c(c1-c1ccc(F)cc1)NC(=O)C2CC(=O)Nc1ccc(F)c(F)c1. The van der Waals surface area contributed by atoms with E-state index in [0.717, 1.165) is 12.1 Å². The van der Waals surface area contributed by atoms with Gasteiger partial charge in [0.15, 0.2) is 11.6 Å². The average molecular weight is 430 g/mol. The summed E-state index contributed by atoms with van der Waals surface area (Å²) in [6.45, 7) is 0.135. The second-order valence-corrected chi connectivity index (χ2v) is 6.94. The Bertz CT molecular complexity index is 1160. The summed E-state index contributed by atoms with van der Waals surface area (Å²) in [4.78, 5) is 25.0. The number of rotatable bonds is 6. The van der Waals surface area contributed by atoms with E-state index in [-0.39, 0.29) is 18.7 Å². The van der Waals surface area contributed by atoms with Gasteiger partial charge in [0.25, 0.3) is 5.91 Å². The molecule has 0 aliphatic carbocycles. The maximum Gasteiger partial charge on any atom is 0.251 e. The molecule has 0 bridgehead atoms. The average Bonchev–Trinajstić information content (AvgIpc) is 3.21. The summed E-state index contributed by atoms with van der Waals surface area (Å²) in [5.41, 5.74) is 1.77. The van der Waals surface area contributed by atoms with Crippen LogP contribution in [0.3, 0.4) is 0 Å². The lowest BCUT2D eigenvalue weighted by molar-refractivity contribution is -0.123. The van der Waals surface area contributed by atoms with Gasteiger partial charge in [-0.2, -0.15) is 5.10 Å². The topological polar surface area (TPSA) is 85.2 Å². The predicted octanol–water partition coefficient (Wildman–Crippen LogP) is 3.64. The first-order valence-electron chi connectivity index (χ1n) is 9.29. The molecule has 3 aromatic rings. The number of carbonyl (C=O) groups excluding carboxylic acids is 2. The maximum absolute atomic E-state index is 13.4. The highest BCUT2D eigenvalue weighted by Gasteiger charge is 2.37. The van der Waals surface area contributed by atoms with Crippen LogP contribution < -0.4 is 10.6 Å². The number of methoxy groups -OCH3 is 1. The van der Waals surface area contributed by atoms with Crippen LogP contribution in [0.25, 0.3) is 11.1 Å². The van der Waals surface area contributed by atoms with Crippen LogP contribution in [0.4, 0.5) is 24.7 Å². The number of hydrogen-bond acceptors (Lipinski definition) is 4. The number of nitrogens with one attached hydrogen (secondary N) is 2. The third kappa shape index (κ3) is 4.02. The van der Waals surface area contributed by atoms with Crippen molar-refractivity contribution in [2.45, 2.75) is 19.1 Å². The van der Waals surface area contributed by atoms with Crippen molar-refractivity contribution in [1.82, 2.24) is 9.78 Å². The zero-order chi connectivity index (χ0) is 22.1. The highest BCUT2D eigenvalue weighted by molar-refractivity contribution is 6.04. The van der Waals surface area contributed by atoms with Gasteiger partial charge < -0.3 is 15.4 Å². The van der Waals surface area contributed by atoms with Crippen LogP contribution in [0.5, 0.6) is 0 Å². The van der Waals surface area contributed by atoms with Crippen molar-refractivity contribution in [2.24, 2.45) is 0 Å². The molecule has 1 aliphatic heterocycles. The van der Waals surface area contributed by atoms with Gasteiger partial charge in [-0.1, -0.05) is 12.1 Å². The maximum atomic E-state index is 13.4. The molecule has 4 rings (SSSR count). The molecule has 1 aromatic heterocycles. The monoisotopic (exact) mass is 430 g/mol. The van der Waals surface area contributed by atoms with Crippen molar-refractivity contribution in [3.8, 4) is 11.1 Å². The predicted molar refractivity (Wildman–Crippen MR) is 106 cm³/mol. The van der Waals surface area contributed by atoms with Gasteiger partial charge in [-0.25, -0.2) is 17.9 Å². The molecule has 2 aromatic carbocycles. The third-order valence-electron chi connectivity index (χ3n) is 4.82. The minimum atomic E-state index is -1.10. The van der Waals surface area contributed by atoms with Crippen LogP contribution >= 0.6 is 0 Å². The molecule has 0 saturated carbocycles. The first kappa shape index (κ1) is 20.6. The van der Waals surface area contributed by atoms with Gasteiger partial charge in [-0.3, -0.25) is 9.59 Å². The molecule has 2 N–H and O–H groups in total. The smallest absolute Gasteiger partial charge is 0.251 e. The number of carbonyl (C=O) groups is 2. The number of benzene rings is 2. The van der Waals surface area contributed by atoms with Crippen molar-refractivity contribution in [3.05, 3.63) is 65.6 Å². The molecule has 160 valence electrons. The highest BCUT2D eigenvalue weighted by Crippen LogP contribution is 2.39. The third-order valence-corrected chi connectivity index (χ3v) is 4.82. The fourth-order valence-corrected chi connectivity index (χ4v) is 3.44. The molecule has 2 heterocycles. The fourth-order valence-electron chi connectivity index (χ4n) is 3.44. The van der Waals surface area contributed by atoms with Crippen LogP contribution in [0, 0.1) is 17.5 Å². The van der Waals surface area contributed by atoms with Crippen molar-refractivity contribution in [1.29, 1.82) is 0 Å². The lowest BCUT2D eigenvalue weighted by atomic mass is 10.1. The van der Waals surface area contributed by atoms with Crippen molar-refractivity contribution in [3.63, 3.8) is 0 Å². The number of fused-ring (bicyclic) bond motifs is 1. The van der Waals surface area contributed by atoms with E-state index in [2.05, 4.69) is 15.7 Å². The second-order valence-electron chi connectivity index (χ2n) is 6.94. The minimum absolute atomic E-state index is 0.0649. The fraction of sp³-hybridized carbons (Fsp3) is 0.190. The summed E-state index contributed by atoms with van der Waals surface area (Å²) < 4.78 is 46.3. The lowest BCUT2D eigenvalue weighted by Crippen LogP contribution is -2.24. The molecule has 2 amide bonds. The van der Waals surface area contributed by atoms with Gasteiger partial charge in [-0.15, -0.1) is 0 Å². The molecule has 10 heteroatoms. The Morgan fingerprint density at radius 1 is 1.16 bits per heavy atom. The molecule has 0 saturated heterocycles. The van der Waals surface area contributed by atoms with E-state index in [9.17, 15) is 22.8 Å². The van der Waals surface area contributed by atoms with E-state index < -0.39 is 35.3 Å². The zero-order valence-electron chi connectivity index (χ0n) is 16.3. The van der Waals surface area contributed by atoms with E-state index in [4.69, 9.17) is 4.74 Å². The number of aromatic nitrogens is 2. The highest BCUT2D eigenvalue weighted by atomic mass is 19.2.